The fourth-order valence-corrected chi connectivity index (χ4v) is 3.05. The zero-order valence-corrected chi connectivity index (χ0v) is 13.0. The van der Waals surface area contributed by atoms with Crippen LogP contribution in [-0.2, 0) is 14.3 Å². The molecule has 1 aliphatic heterocycles. The van der Waals surface area contributed by atoms with Gasteiger partial charge in [-0.3, -0.25) is 9.69 Å². The van der Waals surface area contributed by atoms with Crippen LogP contribution in [0.15, 0.2) is 36.4 Å². The van der Waals surface area contributed by atoms with Crippen molar-refractivity contribution < 1.29 is 14.3 Å². The van der Waals surface area contributed by atoms with Gasteiger partial charge in [0.2, 0.25) is 5.91 Å². The number of carbonyl (C=O) groups is 2. The normalized spacial score (nSPS) is 17.5. The fraction of sp³-hybridized carbons (Fsp3) is 0.294. The number of amides is 1. The van der Waals surface area contributed by atoms with Gasteiger partial charge in [0.15, 0.2) is 0 Å². The van der Waals surface area contributed by atoms with Crippen molar-refractivity contribution in [2.75, 3.05) is 17.4 Å². The van der Waals surface area contributed by atoms with Crippen LogP contribution in [0, 0.1) is 6.92 Å². The van der Waals surface area contributed by atoms with Gasteiger partial charge in [0, 0.05) is 11.8 Å². The van der Waals surface area contributed by atoms with Gasteiger partial charge < -0.3 is 4.74 Å². The molecule has 0 saturated carbocycles. The Morgan fingerprint density at radius 1 is 1.32 bits per heavy atom. The first-order chi connectivity index (χ1) is 10.6. The standard InChI is InChI=1S/C17H16ClNO3/c1-11-6-7-12-4-2-3-5-13(12)16(11)19(15(20)10-18)14-8-9-22-17(14)21/h2-7,14H,8-10H2,1H3. The maximum Gasteiger partial charge on any atom is 0.329 e. The highest BCUT2D eigenvalue weighted by atomic mass is 35.5. The minimum atomic E-state index is -0.601. The number of aryl methyl sites for hydroxylation is 1. The predicted octanol–water partition coefficient (Wildman–Crippen LogP) is 3.04. The molecule has 22 heavy (non-hydrogen) atoms. The van der Waals surface area contributed by atoms with Crippen LogP contribution in [0.4, 0.5) is 5.69 Å². The Balaban J connectivity index is 2.22. The van der Waals surface area contributed by atoms with E-state index >= 15 is 0 Å². The first kappa shape index (κ1) is 14.9. The molecule has 1 unspecified atom stereocenters. The van der Waals surface area contributed by atoms with Crippen LogP contribution in [0.2, 0.25) is 0 Å². The third-order valence-corrected chi connectivity index (χ3v) is 4.17. The second kappa shape index (κ2) is 5.97. The van der Waals surface area contributed by atoms with Gasteiger partial charge in [-0.15, -0.1) is 11.6 Å². The van der Waals surface area contributed by atoms with Gasteiger partial charge >= 0.3 is 5.97 Å². The molecule has 1 heterocycles. The van der Waals surface area contributed by atoms with Gasteiger partial charge in [-0.2, -0.15) is 0 Å². The summed E-state index contributed by atoms with van der Waals surface area (Å²) in [5.41, 5.74) is 1.67. The Bertz CT molecular complexity index is 744. The Morgan fingerprint density at radius 3 is 2.77 bits per heavy atom. The molecule has 1 saturated heterocycles. The van der Waals surface area contributed by atoms with Gasteiger partial charge in [0.25, 0.3) is 0 Å². The summed E-state index contributed by atoms with van der Waals surface area (Å²) in [6, 6.07) is 11.1. The molecule has 1 aliphatic rings. The number of anilines is 1. The van der Waals surface area contributed by atoms with Crippen LogP contribution in [0.25, 0.3) is 10.8 Å². The molecule has 1 atom stereocenters. The maximum absolute atomic E-state index is 12.4. The first-order valence-corrected chi connectivity index (χ1v) is 7.70. The smallest absolute Gasteiger partial charge is 0.329 e. The summed E-state index contributed by atoms with van der Waals surface area (Å²) in [6.07, 6.45) is 0.490. The highest BCUT2D eigenvalue weighted by Gasteiger charge is 2.37. The number of hydrogen-bond donors (Lipinski definition) is 0. The molecule has 2 aromatic rings. The summed E-state index contributed by atoms with van der Waals surface area (Å²) >= 11 is 5.78. The molecule has 2 aromatic carbocycles. The number of cyclic esters (lactones) is 1. The monoisotopic (exact) mass is 317 g/mol. The number of hydrogen-bond acceptors (Lipinski definition) is 3. The van der Waals surface area contributed by atoms with Crippen molar-refractivity contribution in [1.82, 2.24) is 0 Å². The van der Waals surface area contributed by atoms with Crippen molar-refractivity contribution in [2.24, 2.45) is 0 Å². The van der Waals surface area contributed by atoms with Crippen LogP contribution in [0.1, 0.15) is 12.0 Å². The van der Waals surface area contributed by atoms with Crippen molar-refractivity contribution in [1.29, 1.82) is 0 Å². The summed E-state index contributed by atoms with van der Waals surface area (Å²) < 4.78 is 5.04. The summed E-state index contributed by atoms with van der Waals surface area (Å²) in [5, 5.41) is 1.95. The summed E-state index contributed by atoms with van der Waals surface area (Å²) in [4.78, 5) is 25.9. The number of alkyl halides is 1. The van der Waals surface area contributed by atoms with E-state index in [0.29, 0.717) is 13.0 Å². The molecule has 0 N–H and O–H groups in total. The Hall–Kier alpha value is -2.07. The molecule has 0 bridgehead atoms. The average molecular weight is 318 g/mol. The number of benzene rings is 2. The van der Waals surface area contributed by atoms with E-state index in [2.05, 4.69) is 0 Å². The van der Waals surface area contributed by atoms with Crippen molar-refractivity contribution in [2.45, 2.75) is 19.4 Å². The molecule has 5 heteroatoms. The molecule has 0 radical (unpaired) electrons. The summed E-state index contributed by atoms with van der Waals surface area (Å²) in [6.45, 7) is 2.26. The largest absolute Gasteiger partial charge is 0.464 e. The van der Waals surface area contributed by atoms with Gasteiger partial charge in [0.05, 0.1) is 12.3 Å². The van der Waals surface area contributed by atoms with E-state index in [-0.39, 0.29) is 17.8 Å². The zero-order chi connectivity index (χ0) is 15.7. The van der Waals surface area contributed by atoms with E-state index < -0.39 is 6.04 Å². The minimum absolute atomic E-state index is 0.174. The molecular formula is C17H16ClNO3. The van der Waals surface area contributed by atoms with Crippen LogP contribution < -0.4 is 4.90 Å². The highest BCUT2D eigenvalue weighted by Crippen LogP contribution is 2.34. The second-order valence-electron chi connectivity index (χ2n) is 5.32. The topological polar surface area (TPSA) is 46.6 Å². The average Bonchev–Trinajstić information content (AvgIpc) is 2.95. The lowest BCUT2D eigenvalue weighted by atomic mass is 10.0. The lowest BCUT2D eigenvalue weighted by Crippen LogP contribution is -2.44. The van der Waals surface area contributed by atoms with Crippen LogP contribution in [-0.4, -0.2) is 30.4 Å². The van der Waals surface area contributed by atoms with Gasteiger partial charge in [0.1, 0.15) is 11.9 Å². The van der Waals surface area contributed by atoms with Crippen molar-refractivity contribution in [3.05, 3.63) is 42.0 Å². The van der Waals surface area contributed by atoms with Crippen molar-refractivity contribution in [3.8, 4) is 0 Å². The molecule has 0 aromatic heterocycles. The van der Waals surface area contributed by atoms with Crippen LogP contribution in [0.5, 0.6) is 0 Å². The van der Waals surface area contributed by atoms with E-state index in [4.69, 9.17) is 16.3 Å². The lowest BCUT2D eigenvalue weighted by molar-refractivity contribution is -0.140. The number of esters is 1. The predicted molar refractivity (Wildman–Crippen MR) is 86.3 cm³/mol. The fourth-order valence-electron chi connectivity index (χ4n) is 2.92. The molecule has 0 aliphatic carbocycles. The lowest BCUT2D eigenvalue weighted by Gasteiger charge is -2.28. The van der Waals surface area contributed by atoms with Crippen molar-refractivity contribution in [3.63, 3.8) is 0 Å². The van der Waals surface area contributed by atoms with Gasteiger partial charge in [-0.25, -0.2) is 4.79 Å². The van der Waals surface area contributed by atoms with Gasteiger partial charge in [-0.05, 0) is 17.9 Å². The Morgan fingerprint density at radius 2 is 2.09 bits per heavy atom. The van der Waals surface area contributed by atoms with E-state index in [1.165, 1.54) is 4.90 Å². The summed E-state index contributed by atoms with van der Waals surface area (Å²) in [7, 11) is 0. The minimum Gasteiger partial charge on any atom is -0.464 e. The first-order valence-electron chi connectivity index (χ1n) is 7.16. The van der Waals surface area contributed by atoms with Gasteiger partial charge in [-0.1, -0.05) is 36.4 Å². The number of ether oxygens (including phenoxy) is 1. The SMILES string of the molecule is Cc1ccc2ccccc2c1N(C(=O)CCl)C1CCOC1=O. The third-order valence-electron chi connectivity index (χ3n) is 3.95. The van der Waals surface area contributed by atoms with E-state index in [9.17, 15) is 9.59 Å². The Kier molecular flexibility index (Phi) is 4.03. The Labute approximate surface area is 133 Å². The number of rotatable bonds is 3. The molecule has 114 valence electrons. The van der Waals surface area contributed by atoms with E-state index in [1.807, 2.05) is 43.3 Å². The molecule has 1 amide bonds. The number of halogens is 1. The number of fused-ring (bicyclic) bond motifs is 1. The molecule has 3 rings (SSSR count). The van der Waals surface area contributed by atoms with E-state index in [0.717, 1.165) is 22.0 Å². The summed E-state index contributed by atoms with van der Waals surface area (Å²) in [5.74, 6) is -0.831. The van der Waals surface area contributed by atoms with Crippen LogP contribution in [0.3, 0.4) is 0 Å². The highest BCUT2D eigenvalue weighted by molar-refractivity contribution is 6.30. The third kappa shape index (κ3) is 2.44. The molecule has 4 nitrogen and oxygen atoms in total. The number of nitrogens with zero attached hydrogens (tertiary/aromatic N) is 1. The van der Waals surface area contributed by atoms with Crippen molar-refractivity contribution >= 4 is 39.9 Å². The second-order valence-corrected chi connectivity index (χ2v) is 5.59. The maximum atomic E-state index is 12.4. The molecule has 0 spiro atoms. The molecule has 1 fully saturated rings. The van der Waals surface area contributed by atoms with Crippen LogP contribution >= 0.6 is 11.6 Å². The van der Waals surface area contributed by atoms with E-state index in [1.54, 1.807) is 0 Å². The quantitative estimate of drug-likeness (QED) is 0.645. The zero-order valence-electron chi connectivity index (χ0n) is 12.2. The molecular weight excluding hydrogens is 302 g/mol. The number of carbonyl (C=O) groups excluding carboxylic acids is 2.